The van der Waals surface area contributed by atoms with Gasteiger partial charge in [0.2, 0.25) is 0 Å². The molecule has 0 aliphatic carbocycles. The number of amides is 1. The third-order valence-corrected chi connectivity index (χ3v) is 4.28. The number of aliphatic hydroxyl groups is 1. The molecule has 2 rings (SSSR count). The first-order valence-corrected chi connectivity index (χ1v) is 7.68. The maximum atomic E-state index is 11.9. The van der Waals surface area contributed by atoms with Gasteiger partial charge in [0.1, 0.15) is 17.6 Å². The van der Waals surface area contributed by atoms with E-state index < -0.39 is 6.10 Å². The number of halogens is 1. The minimum absolute atomic E-state index is 0.0535. The monoisotopic (exact) mass is 341 g/mol. The normalized spacial score (nSPS) is 11.8. The lowest BCUT2D eigenvalue weighted by atomic mass is 10.1. The van der Waals surface area contributed by atoms with E-state index in [4.69, 9.17) is 21.1 Å². The van der Waals surface area contributed by atoms with Crippen LogP contribution in [0, 0.1) is 0 Å². The molecule has 0 radical (unpaired) electrons. The van der Waals surface area contributed by atoms with Gasteiger partial charge in [-0.05, 0) is 30.3 Å². The molecule has 0 aliphatic heterocycles. The van der Waals surface area contributed by atoms with Crippen LogP contribution in [0.15, 0.2) is 30.3 Å². The number of hydrogen-bond acceptors (Lipinski definition) is 5. The predicted octanol–water partition coefficient (Wildman–Crippen LogP) is 2.88. The van der Waals surface area contributed by atoms with E-state index in [1.54, 1.807) is 37.4 Å². The fourth-order valence-electron chi connectivity index (χ4n) is 1.92. The molecule has 2 N–H and O–H groups in total. The Balaban J connectivity index is 2.05. The van der Waals surface area contributed by atoms with E-state index in [-0.39, 0.29) is 12.5 Å². The van der Waals surface area contributed by atoms with Gasteiger partial charge >= 0.3 is 0 Å². The number of carbonyl (C=O) groups is 1. The highest BCUT2D eigenvalue weighted by atomic mass is 35.5. The number of aliphatic hydroxyl groups excluding tert-OH is 1. The molecule has 0 spiro atoms. The van der Waals surface area contributed by atoms with Crippen LogP contribution in [0.4, 0.5) is 0 Å². The quantitative estimate of drug-likeness (QED) is 0.847. The van der Waals surface area contributed by atoms with Crippen molar-refractivity contribution < 1.29 is 19.4 Å². The van der Waals surface area contributed by atoms with Crippen LogP contribution >= 0.6 is 22.9 Å². The zero-order valence-corrected chi connectivity index (χ0v) is 13.7. The third kappa shape index (κ3) is 3.91. The Hall–Kier alpha value is -1.76. The zero-order valence-electron chi connectivity index (χ0n) is 12.1. The summed E-state index contributed by atoms with van der Waals surface area (Å²) < 4.78 is 10.9. The van der Waals surface area contributed by atoms with E-state index in [2.05, 4.69) is 5.32 Å². The number of ether oxygens (including phenoxy) is 2. The number of benzene rings is 1. The fourth-order valence-corrected chi connectivity index (χ4v) is 2.88. The Labute approximate surface area is 137 Å². The summed E-state index contributed by atoms with van der Waals surface area (Å²) in [4.78, 5) is 12.4. The Morgan fingerprint density at radius 3 is 2.68 bits per heavy atom. The second-order valence-corrected chi connectivity index (χ2v) is 6.15. The van der Waals surface area contributed by atoms with Gasteiger partial charge in [0, 0.05) is 12.1 Å². The first-order chi connectivity index (χ1) is 10.5. The van der Waals surface area contributed by atoms with E-state index in [1.165, 1.54) is 18.4 Å². The summed E-state index contributed by atoms with van der Waals surface area (Å²) in [6.07, 6.45) is -0.913. The van der Waals surface area contributed by atoms with Gasteiger partial charge in [0.05, 0.1) is 23.4 Å². The van der Waals surface area contributed by atoms with Crippen molar-refractivity contribution in [2.75, 3.05) is 20.8 Å². The molecule has 1 unspecified atom stereocenters. The highest BCUT2D eigenvalue weighted by molar-refractivity contribution is 7.17. The molecule has 7 heteroatoms. The molecule has 1 atom stereocenters. The van der Waals surface area contributed by atoms with E-state index >= 15 is 0 Å². The van der Waals surface area contributed by atoms with Crippen LogP contribution in [-0.2, 0) is 0 Å². The minimum Gasteiger partial charge on any atom is -0.497 e. The fraction of sp³-hybridized carbons (Fsp3) is 0.267. The minimum atomic E-state index is -0.913. The van der Waals surface area contributed by atoms with Crippen LogP contribution in [0.25, 0.3) is 0 Å². The van der Waals surface area contributed by atoms with Gasteiger partial charge in [0.15, 0.2) is 0 Å². The Morgan fingerprint density at radius 1 is 1.32 bits per heavy atom. The van der Waals surface area contributed by atoms with Crippen LogP contribution < -0.4 is 14.8 Å². The molecule has 0 saturated heterocycles. The number of carbonyl (C=O) groups excluding carboxylic acids is 1. The van der Waals surface area contributed by atoms with Gasteiger partial charge in [-0.25, -0.2) is 0 Å². The van der Waals surface area contributed by atoms with Crippen LogP contribution in [0.1, 0.15) is 21.3 Å². The molecule has 0 bridgehead atoms. The molecule has 1 heterocycles. The van der Waals surface area contributed by atoms with Crippen molar-refractivity contribution in [3.63, 3.8) is 0 Å². The molecule has 0 aliphatic rings. The molecule has 22 heavy (non-hydrogen) atoms. The molecule has 2 aromatic rings. The van der Waals surface area contributed by atoms with Crippen LogP contribution in [0.2, 0.25) is 4.34 Å². The predicted molar refractivity (Wildman–Crippen MR) is 86.2 cm³/mol. The molecular formula is C15H16ClNO4S. The van der Waals surface area contributed by atoms with E-state index in [1.807, 2.05) is 0 Å². The van der Waals surface area contributed by atoms with Gasteiger partial charge in [0.25, 0.3) is 5.91 Å². The van der Waals surface area contributed by atoms with Crippen LogP contribution in [-0.4, -0.2) is 31.8 Å². The number of rotatable bonds is 6. The lowest BCUT2D eigenvalue weighted by molar-refractivity contribution is 0.0918. The average molecular weight is 342 g/mol. The van der Waals surface area contributed by atoms with Gasteiger partial charge in [-0.2, -0.15) is 0 Å². The van der Waals surface area contributed by atoms with E-state index in [0.29, 0.717) is 26.3 Å². The van der Waals surface area contributed by atoms with Crippen molar-refractivity contribution in [2.24, 2.45) is 0 Å². The zero-order chi connectivity index (χ0) is 16.1. The summed E-state index contributed by atoms with van der Waals surface area (Å²) in [5, 5.41) is 12.9. The molecule has 118 valence electrons. The molecule has 5 nitrogen and oxygen atoms in total. The Morgan fingerprint density at radius 2 is 2.09 bits per heavy atom. The lowest BCUT2D eigenvalue weighted by Gasteiger charge is -2.16. The maximum absolute atomic E-state index is 11.9. The Kier molecular flexibility index (Phi) is 5.65. The highest BCUT2D eigenvalue weighted by Crippen LogP contribution is 2.29. The number of thiophene rings is 1. The molecule has 0 saturated carbocycles. The van der Waals surface area contributed by atoms with Crippen molar-refractivity contribution >= 4 is 28.8 Å². The lowest BCUT2D eigenvalue weighted by Crippen LogP contribution is -2.27. The second kappa shape index (κ2) is 7.49. The standard InChI is InChI=1S/C15H16ClNO4S/c1-20-9-3-4-12(21-2)10(7-9)11(18)8-17-15(19)13-5-6-14(16)22-13/h3-7,11,18H,8H2,1-2H3,(H,17,19). The van der Waals surface area contributed by atoms with Crippen molar-refractivity contribution in [1.29, 1.82) is 0 Å². The average Bonchev–Trinajstić information content (AvgIpc) is 2.98. The maximum Gasteiger partial charge on any atom is 0.261 e. The smallest absolute Gasteiger partial charge is 0.261 e. The summed E-state index contributed by atoms with van der Waals surface area (Å²) in [6, 6.07) is 8.42. The summed E-state index contributed by atoms with van der Waals surface area (Å²) in [7, 11) is 3.06. The summed E-state index contributed by atoms with van der Waals surface area (Å²) >= 11 is 6.98. The van der Waals surface area contributed by atoms with Crippen LogP contribution in [0.3, 0.4) is 0 Å². The molecule has 0 fully saturated rings. The van der Waals surface area contributed by atoms with Crippen molar-refractivity contribution in [1.82, 2.24) is 5.32 Å². The highest BCUT2D eigenvalue weighted by Gasteiger charge is 2.16. The number of nitrogens with one attached hydrogen (secondary N) is 1. The molecule has 1 aromatic carbocycles. The largest absolute Gasteiger partial charge is 0.497 e. The number of methoxy groups -OCH3 is 2. The van der Waals surface area contributed by atoms with Gasteiger partial charge in [-0.15, -0.1) is 11.3 Å². The van der Waals surface area contributed by atoms with Gasteiger partial charge in [-0.3, -0.25) is 4.79 Å². The van der Waals surface area contributed by atoms with Crippen LogP contribution in [0.5, 0.6) is 11.5 Å². The van der Waals surface area contributed by atoms with E-state index in [0.717, 1.165) is 0 Å². The van der Waals surface area contributed by atoms with Crippen molar-refractivity contribution in [3.8, 4) is 11.5 Å². The number of hydrogen-bond donors (Lipinski definition) is 2. The molecule has 1 aromatic heterocycles. The van der Waals surface area contributed by atoms with Gasteiger partial charge < -0.3 is 19.9 Å². The van der Waals surface area contributed by atoms with E-state index in [9.17, 15) is 9.90 Å². The third-order valence-electron chi connectivity index (χ3n) is 3.05. The molecular weight excluding hydrogens is 326 g/mol. The van der Waals surface area contributed by atoms with Gasteiger partial charge in [-0.1, -0.05) is 11.6 Å². The molecule has 1 amide bonds. The SMILES string of the molecule is COc1ccc(OC)c(C(O)CNC(=O)c2ccc(Cl)s2)c1. The summed E-state index contributed by atoms with van der Waals surface area (Å²) in [6.45, 7) is 0.0535. The second-order valence-electron chi connectivity index (χ2n) is 4.44. The summed E-state index contributed by atoms with van der Waals surface area (Å²) in [5.41, 5.74) is 0.548. The first-order valence-electron chi connectivity index (χ1n) is 6.48. The van der Waals surface area contributed by atoms with Crippen molar-refractivity contribution in [2.45, 2.75) is 6.10 Å². The first kappa shape index (κ1) is 16.6. The van der Waals surface area contributed by atoms with Crippen molar-refractivity contribution in [3.05, 3.63) is 45.1 Å². The topological polar surface area (TPSA) is 67.8 Å². The Bertz CT molecular complexity index is 659. The summed E-state index contributed by atoms with van der Waals surface area (Å²) in [5.74, 6) is 0.853.